The number of carboxylic acid groups (broad SMARTS) is 1. The van der Waals surface area contributed by atoms with E-state index < -0.39 is 6.09 Å². The molecule has 3 heterocycles. The molecule has 2 aromatic heterocycles. The Labute approximate surface area is 188 Å². The maximum atomic E-state index is 12.7. The van der Waals surface area contributed by atoms with Crippen molar-refractivity contribution in [3.05, 3.63) is 52.4 Å². The number of piperazine rings is 1. The maximum Gasteiger partial charge on any atom is 0.407 e. The molecule has 1 aliphatic heterocycles. The highest BCUT2D eigenvalue weighted by molar-refractivity contribution is 6.44. The number of Topliss-reactive ketones (excluding diaryl/α,β-unsaturated/α-hetero) is 1. The molecular formula is C21H20Cl2N4O4. The molecule has 1 N–H and O–H groups in total. The molecule has 1 amide bonds. The fourth-order valence-corrected chi connectivity index (χ4v) is 4.05. The van der Waals surface area contributed by atoms with Crippen molar-refractivity contribution in [1.29, 1.82) is 0 Å². The van der Waals surface area contributed by atoms with Gasteiger partial charge in [-0.3, -0.25) is 9.69 Å². The van der Waals surface area contributed by atoms with Crippen LogP contribution in [0.3, 0.4) is 0 Å². The molecule has 8 nitrogen and oxygen atoms in total. The van der Waals surface area contributed by atoms with Gasteiger partial charge in [-0.1, -0.05) is 23.2 Å². The van der Waals surface area contributed by atoms with E-state index in [1.807, 2.05) is 17.0 Å². The van der Waals surface area contributed by atoms with Crippen LogP contribution in [0, 0.1) is 0 Å². The number of benzene rings is 1. The highest BCUT2D eigenvalue weighted by Crippen LogP contribution is 2.40. The van der Waals surface area contributed by atoms with Crippen molar-refractivity contribution in [3.63, 3.8) is 0 Å². The predicted molar refractivity (Wildman–Crippen MR) is 118 cm³/mol. The molecule has 1 aromatic carbocycles. The van der Waals surface area contributed by atoms with E-state index in [0.717, 1.165) is 5.56 Å². The van der Waals surface area contributed by atoms with Crippen molar-refractivity contribution < 1.29 is 19.4 Å². The molecule has 162 valence electrons. The second kappa shape index (κ2) is 8.74. The van der Waals surface area contributed by atoms with Crippen LogP contribution in [0.4, 0.5) is 4.79 Å². The summed E-state index contributed by atoms with van der Waals surface area (Å²) in [7, 11) is 1.56. The van der Waals surface area contributed by atoms with Gasteiger partial charge < -0.3 is 19.1 Å². The Kier molecular flexibility index (Phi) is 6.04. The number of halogens is 2. The molecule has 0 bridgehead atoms. The van der Waals surface area contributed by atoms with Crippen molar-refractivity contribution in [2.75, 3.05) is 39.8 Å². The topological polar surface area (TPSA) is 87.4 Å². The Morgan fingerprint density at radius 1 is 1.16 bits per heavy atom. The smallest absolute Gasteiger partial charge is 0.407 e. The van der Waals surface area contributed by atoms with Gasteiger partial charge in [-0.15, -0.1) is 0 Å². The van der Waals surface area contributed by atoms with E-state index in [0.29, 0.717) is 58.9 Å². The van der Waals surface area contributed by atoms with Gasteiger partial charge in [0.2, 0.25) is 0 Å². The van der Waals surface area contributed by atoms with Crippen molar-refractivity contribution in [2.45, 2.75) is 0 Å². The van der Waals surface area contributed by atoms with E-state index >= 15 is 0 Å². The van der Waals surface area contributed by atoms with Crippen LogP contribution in [0.25, 0.3) is 16.8 Å². The van der Waals surface area contributed by atoms with Crippen LogP contribution >= 0.6 is 23.2 Å². The molecule has 3 aromatic rings. The Bertz CT molecular complexity index is 1160. The predicted octanol–water partition coefficient (Wildman–Crippen LogP) is 3.80. The molecule has 0 radical (unpaired) electrons. The molecule has 0 atom stereocenters. The average Bonchev–Trinajstić information content (AvgIpc) is 3.19. The molecule has 0 unspecified atom stereocenters. The van der Waals surface area contributed by atoms with Crippen molar-refractivity contribution in [1.82, 2.24) is 19.2 Å². The second-order valence-corrected chi connectivity index (χ2v) is 8.00. The van der Waals surface area contributed by atoms with Crippen molar-refractivity contribution >= 4 is 40.7 Å². The van der Waals surface area contributed by atoms with E-state index in [-0.39, 0.29) is 12.3 Å². The number of rotatable bonds is 5. The van der Waals surface area contributed by atoms with Gasteiger partial charge in [0.25, 0.3) is 0 Å². The minimum Gasteiger partial charge on any atom is -0.496 e. The lowest BCUT2D eigenvalue weighted by molar-refractivity contribution is 0.0831. The van der Waals surface area contributed by atoms with Crippen LogP contribution in [0.1, 0.15) is 10.5 Å². The third-order valence-electron chi connectivity index (χ3n) is 5.32. The number of nitrogens with zero attached hydrogens (tertiary/aromatic N) is 4. The first-order valence-corrected chi connectivity index (χ1v) is 10.4. The average molecular weight is 463 g/mol. The zero-order valence-electron chi connectivity index (χ0n) is 16.7. The summed E-state index contributed by atoms with van der Waals surface area (Å²) in [5.74, 6) is 0.467. The summed E-state index contributed by atoms with van der Waals surface area (Å²) in [6.45, 7) is 2.00. The number of carbonyl (C=O) groups is 2. The first-order chi connectivity index (χ1) is 14.9. The summed E-state index contributed by atoms with van der Waals surface area (Å²) in [6.07, 6.45) is 2.56. The van der Waals surface area contributed by atoms with Crippen LogP contribution < -0.4 is 4.74 Å². The molecule has 4 rings (SSSR count). The third-order valence-corrected chi connectivity index (χ3v) is 6.13. The lowest BCUT2D eigenvalue weighted by Gasteiger charge is -2.32. The largest absolute Gasteiger partial charge is 0.496 e. The molecule has 0 spiro atoms. The van der Waals surface area contributed by atoms with E-state index in [1.54, 1.807) is 36.0 Å². The van der Waals surface area contributed by atoms with Gasteiger partial charge in [0.15, 0.2) is 5.78 Å². The molecular weight excluding hydrogens is 443 g/mol. The standard InChI is InChI=1S/C21H20Cl2N4O4/c1-31-17-3-2-14(22)20(23)19(17)13-4-5-27-11-15(24-18(27)10-13)16(28)12-25-6-8-26(9-7-25)21(29)30/h2-5,10-11H,6-9,12H2,1H3,(H,29,30). The monoisotopic (exact) mass is 462 g/mol. The number of hydrogen-bond donors (Lipinski definition) is 1. The van der Waals surface area contributed by atoms with E-state index in [1.165, 1.54) is 4.90 Å². The number of ketones is 1. The first kappa shape index (κ1) is 21.4. The van der Waals surface area contributed by atoms with Gasteiger partial charge >= 0.3 is 6.09 Å². The summed E-state index contributed by atoms with van der Waals surface area (Å²) < 4.78 is 7.20. The lowest BCUT2D eigenvalue weighted by Crippen LogP contribution is -2.49. The van der Waals surface area contributed by atoms with Gasteiger partial charge in [0.1, 0.15) is 17.1 Å². The number of carbonyl (C=O) groups excluding carboxylic acids is 1. The number of fused-ring (bicyclic) bond motifs is 1. The normalized spacial score (nSPS) is 14.7. The fourth-order valence-electron chi connectivity index (χ4n) is 3.63. The minimum atomic E-state index is -0.932. The molecule has 1 saturated heterocycles. The van der Waals surface area contributed by atoms with Gasteiger partial charge in [0, 0.05) is 44.1 Å². The number of imidazole rings is 1. The molecule has 1 aliphatic rings. The molecule has 0 aliphatic carbocycles. The molecule has 10 heteroatoms. The molecule has 0 saturated carbocycles. The minimum absolute atomic E-state index is 0.118. The summed E-state index contributed by atoms with van der Waals surface area (Å²) in [4.78, 5) is 31.5. The van der Waals surface area contributed by atoms with E-state index in [2.05, 4.69) is 4.98 Å². The zero-order chi connectivity index (χ0) is 22.1. The number of ether oxygens (including phenoxy) is 1. The highest BCUT2D eigenvalue weighted by Gasteiger charge is 2.23. The van der Waals surface area contributed by atoms with Crippen LogP contribution in [-0.2, 0) is 0 Å². The number of aromatic nitrogens is 2. The van der Waals surface area contributed by atoms with Crippen LogP contribution in [-0.4, -0.2) is 76.0 Å². The van der Waals surface area contributed by atoms with E-state index in [4.69, 9.17) is 33.0 Å². The maximum absolute atomic E-state index is 12.7. The quantitative estimate of drug-likeness (QED) is 0.580. The van der Waals surface area contributed by atoms with Crippen LogP contribution in [0.2, 0.25) is 10.0 Å². The molecule has 31 heavy (non-hydrogen) atoms. The summed E-state index contributed by atoms with van der Waals surface area (Å²) in [6, 6.07) is 7.10. The Hall–Kier alpha value is -2.81. The second-order valence-electron chi connectivity index (χ2n) is 7.21. The lowest BCUT2D eigenvalue weighted by atomic mass is 10.1. The van der Waals surface area contributed by atoms with Gasteiger partial charge in [0.05, 0.1) is 23.7 Å². The fraction of sp³-hybridized carbons (Fsp3) is 0.286. The summed E-state index contributed by atoms with van der Waals surface area (Å²) in [5.41, 5.74) is 2.37. The Balaban J connectivity index is 1.56. The van der Waals surface area contributed by atoms with Crippen molar-refractivity contribution in [2.24, 2.45) is 0 Å². The Morgan fingerprint density at radius 2 is 1.90 bits per heavy atom. The summed E-state index contributed by atoms with van der Waals surface area (Å²) >= 11 is 12.6. The van der Waals surface area contributed by atoms with Gasteiger partial charge in [-0.25, -0.2) is 9.78 Å². The first-order valence-electron chi connectivity index (χ1n) is 9.62. The van der Waals surface area contributed by atoms with Crippen LogP contribution in [0.5, 0.6) is 5.75 Å². The van der Waals surface area contributed by atoms with Crippen molar-refractivity contribution in [3.8, 4) is 16.9 Å². The number of hydrogen-bond acceptors (Lipinski definition) is 5. The number of amides is 1. The SMILES string of the molecule is COc1ccc(Cl)c(Cl)c1-c1ccn2cc(C(=O)CN3CCN(C(=O)O)CC3)nc2c1. The third kappa shape index (κ3) is 4.32. The molecule has 1 fully saturated rings. The van der Waals surface area contributed by atoms with Crippen LogP contribution in [0.15, 0.2) is 36.7 Å². The number of pyridine rings is 1. The Morgan fingerprint density at radius 3 is 2.58 bits per heavy atom. The summed E-state index contributed by atoms with van der Waals surface area (Å²) in [5, 5.41) is 9.84. The van der Waals surface area contributed by atoms with Gasteiger partial charge in [-0.2, -0.15) is 0 Å². The zero-order valence-corrected chi connectivity index (χ0v) is 18.2. The number of methoxy groups -OCH3 is 1. The van der Waals surface area contributed by atoms with Gasteiger partial charge in [-0.05, 0) is 29.8 Å². The van der Waals surface area contributed by atoms with E-state index in [9.17, 15) is 9.59 Å². The highest BCUT2D eigenvalue weighted by atomic mass is 35.5.